The van der Waals surface area contributed by atoms with Crippen LogP contribution in [0, 0.1) is 0 Å². The molecule has 1 amide bonds. The summed E-state index contributed by atoms with van der Waals surface area (Å²) in [6, 6.07) is 13.3. The van der Waals surface area contributed by atoms with Gasteiger partial charge in [-0.3, -0.25) is 14.5 Å². The van der Waals surface area contributed by atoms with Gasteiger partial charge in [-0.15, -0.1) is 0 Å². The lowest BCUT2D eigenvalue weighted by atomic mass is 10.1. The molecule has 0 aliphatic rings. The van der Waals surface area contributed by atoms with Crippen LogP contribution >= 0.6 is 0 Å². The van der Waals surface area contributed by atoms with E-state index in [1.807, 2.05) is 56.4 Å². The Morgan fingerprint density at radius 2 is 1.91 bits per heavy atom. The summed E-state index contributed by atoms with van der Waals surface area (Å²) in [5.74, 6) is -0.102. The molecule has 0 bridgehead atoms. The number of nitrogens with zero attached hydrogens (tertiary/aromatic N) is 4. The fourth-order valence-corrected chi connectivity index (χ4v) is 2.54. The van der Waals surface area contributed by atoms with Gasteiger partial charge in [-0.25, -0.2) is 0 Å². The molecule has 0 aliphatic carbocycles. The number of carbonyl (C=O) groups excluding carboxylic acids is 1. The average Bonchev–Trinajstić information content (AvgIpc) is 2.91. The zero-order valence-electron chi connectivity index (χ0n) is 12.9. The SMILES string of the molecule is CC(c1ccccn1)N(C)C(=O)c1nn(C)c2ccccc12. The fourth-order valence-electron chi connectivity index (χ4n) is 2.54. The number of aryl methyl sites for hydroxylation is 1. The Bertz CT molecular complexity index is 810. The monoisotopic (exact) mass is 294 g/mol. The molecule has 0 saturated heterocycles. The zero-order valence-corrected chi connectivity index (χ0v) is 12.9. The maximum Gasteiger partial charge on any atom is 0.275 e. The molecule has 0 aliphatic heterocycles. The zero-order chi connectivity index (χ0) is 15.7. The van der Waals surface area contributed by atoms with Crippen molar-refractivity contribution < 1.29 is 4.79 Å². The highest BCUT2D eigenvalue weighted by Crippen LogP contribution is 2.22. The van der Waals surface area contributed by atoms with Crippen molar-refractivity contribution in [3.05, 3.63) is 60.0 Å². The number of benzene rings is 1. The molecular weight excluding hydrogens is 276 g/mol. The van der Waals surface area contributed by atoms with E-state index >= 15 is 0 Å². The topological polar surface area (TPSA) is 51.0 Å². The van der Waals surface area contributed by atoms with Gasteiger partial charge < -0.3 is 4.90 Å². The second kappa shape index (κ2) is 5.60. The van der Waals surface area contributed by atoms with Crippen molar-refractivity contribution in [3.8, 4) is 0 Å². The predicted molar refractivity (Wildman–Crippen MR) is 85.5 cm³/mol. The molecule has 22 heavy (non-hydrogen) atoms. The Kier molecular flexibility index (Phi) is 3.63. The highest BCUT2D eigenvalue weighted by atomic mass is 16.2. The van der Waals surface area contributed by atoms with Crippen LogP contribution in [0.3, 0.4) is 0 Å². The Morgan fingerprint density at radius 3 is 2.64 bits per heavy atom. The van der Waals surface area contributed by atoms with Crippen molar-refractivity contribution in [1.82, 2.24) is 19.7 Å². The molecule has 3 aromatic rings. The molecule has 2 aromatic heterocycles. The number of carbonyl (C=O) groups is 1. The molecule has 5 nitrogen and oxygen atoms in total. The molecule has 0 spiro atoms. The minimum absolute atomic E-state index is 0.102. The third-order valence-electron chi connectivity index (χ3n) is 3.98. The van der Waals surface area contributed by atoms with E-state index in [1.165, 1.54) is 0 Å². The lowest BCUT2D eigenvalue weighted by Crippen LogP contribution is -2.30. The lowest BCUT2D eigenvalue weighted by molar-refractivity contribution is 0.0735. The van der Waals surface area contributed by atoms with E-state index in [0.29, 0.717) is 5.69 Å². The summed E-state index contributed by atoms with van der Waals surface area (Å²) < 4.78 is 1.74. The summed E-state index contributed by atoms with van der Waals surface area (Å²) >= 11 is 0. The van der Waals surface area contributed by atoms with Gasteiger partial charge in [0.25, 0.3) is 5.91 Å². The minimum Gasteiger partial charge on any atom is -0.332 e. The number of pyridine rings is 1. The Labute approximate surface area is 129 Å². The third-order valence-corrected chi connectivity index (χ3v) is 3.98. The third kappa shape index (κ3) is 2.35. The molecule has 3 rings (SSSR count). The summed E-state index contributed by atoms with van der Waals surface area (Å²) in [5.41, 5.74) is 2.28. The number of para-hydroxylation sites is 1. The number of amides is 1. The molecule has 1 atom stereocenters. The Morgan fingerprint density at radius 1 is 1.18 bits per heavy atom. The van der Waals surface area contributed by atoms with Gasteiger partial charge >= 0.3 is 0 Å². The minimum atomic E-state index is -0.116. The number of fused-ring (bicyclic) bond motifs is 1. The first kappa shape index (κ1) is 14.3. The van der Waals surface area contributed by atoms with Gasteiger partial charge in [-0.05, 0) is 25.1 Å². The normalized spacial score (nSPS) is 12.3. The lowest BCUT2D eigenvalue weighted by Gasteiger charge is -2.23. The predicted octanol–water partition coefficient (Wildman–Crippen LogP) is 2.80. The van der Waals surface area contributed by atoms with E-state index in [9.17, 15) is 4.79 Å². The quantitative estimate of drug-likeness (QED) is 0.746. The van der Waals surface area contributed by atoms with Crippen LogP contribution in [0.25, 0.3) is 10.9 Å². The standard InChI is InChI=1S/C17H18N4O/c1-12(14-9-6-7-11-18-14)20(2)17(22)16-13-8-4-5-10-15(13)21(3)19-16/h4-12H,1-3H3. The van der Waals surface area contributed by atoms with Crippen LogP contribution < -0.4 is 0 Å². The van der Waals surface area contributed by atoms with E-state index in [1.54, 1.807) is 22.8 Å². The maximum atomic E-state index is 12.8. The van der Waals surface area contributed by atoms with E-state index in [4.69, 9.17) is 0 Å². The average molecular weight is 294 g/mol. The molecule has 5 heteroatoms. The van der Waals surface area contributed by atoms with E-state index < -0.39 is 0 Å². The molecule has 0 fully saturated rings. The van der Waals surface area contributed by atoms with Crippen LogP contribution in [0.5, 0.6) is 0 Å². The maximum absolute atomic E-state index is 12.8. The van der Waals surface area contributed by atoms with Gasteiger partial charge in [-0.1, -0.05) is 24.3 Å². The van der Waals surface area contributed by atoms with Crippen molar-refractivity contribution in [1.29, 1.82) is 0 Å². The van der Waals surface area contributed by atoms with Crippen LogP contribution in [0.1, 0.15) is 29.1 Å². The fraction of sp³-hybridized carbons (Fsp3) is 0.235. The van der Waals surface area contributed by atoms with E-state index in [2.05, 4.69) is 10.1 Å². The first-order valence-corrected chi connectivity index (χ1v) is 7.19. The molecule has 1 unspecified atom stereocenters. The second-order valence-corrected chi connectivity index (χ2v) is 5.34. The molecule has 0 saturated carbocycles. The van der Waals surface area contributed by atoms with Crippen LogP contribution in [0.4, 0.5) is 0 Å². The van der Waals surface area contributed by atoms with Crippen LogP contribution in [0.15, 0.2) is 48.7 Å². The van der Waals surface area contributed by atoms with Crippen molar-refractivity contribution >= 4 is 16.8 Å². The Hall–Kier alpha value is -2.69. The first-order valence-electron chi connectivity index (χ1n) is 7.19. The number of hydrogen-bond donors (Lipinski definition) is 0. The smallest absolute Gasteiger partial charge is 0.275 e. The molecule has 2 heterocycles. The Balaban J connectivity index is 1.96. The van der Waals surface area contributed by atoms with Crippen molar-refractivity contribution in [2.45, 2.75) is 13.0 Å². The van der Waals surface area contributed by atoms with Crippen LogP contribution in [0.2, 0.25) is 0 Å². The second-order valence-electron chi connectivity index (χ2n) is 5.34. The molecular formula is C17H18N4O. The van der Waals surface area contributed by atoms with Crippen molar-refractivity contribution in [2.24, 2.45) is 7.05 Å². The molecule has 0 radical (unpaired) electrons. The molecule has 112 valence electrons. The summed E-state index contributed by atoms with van der Waals surface area (Å²) in [4.78, 5) is 18.8. The van der Waals surface area contributed by atoms with Crippen LogP contribution in [-0.2, 0) is 7.05 Å². The van der Waals surface area contributed by atoms with Crippen LogP contribution in [-0.4, -0.2) is 32.6 Å². The van der Waals surface area contributed by atoms with Gasteiger partial charge in [0.15, 0.2) is 5.69 Å². The first-order chi connectivity index (χ1) is 10.6. The summed E-state index contributed by atoms with van der Waals surface area (Å²) in [6.45, 7) is 1.96. The van der Waals surface area contributed by atoms with E-state index in [0.717, 1.165) is 16.6 Å². The number of rotatable bonds is 3. The highest BCUT2D eigenvalue weighted by molar-refractivity contribution is 6.04. The van der Waals surface area contributed by atoms with Gasteiger partial charge in [0.2, 0.25) is 0 Å². The number of aromatic nitrogens is 3. The molecule has 1 aromatic carbocycles. The molecule has 0 N–H and O–H groups in total. The van der Waals surface area contributed by atoms with Crippen molar-refractivity contribution in [2.75, 3.05) is 7.05 Å². The van der Waals surface area contributed by atoms with E-state index in [-0.39, 0.29) is 11.9 Å². The summed E-state index contributed by atoms with van der Waals surface area (Å²) in [7, 11) is 3.63. The van der Waals surface area contributed by atoms with Gasteiger partial charge in [0.1, 0.15) is 0 Å². The number of hydrogen-bond acceptors (Lipinski definition) is 3. The largest absolute Gasteiger partial charge is 0.332 e. The van der Waals surface area contributed by atoms with Crippen molar-refractivity contribution in [3.63, 3.8) is 0 Å². The summed E-state index contributed by atoms with van der Waals surface area (Å²) in [5, 5.41) is 5.26. The van der Waals surface area contributed by atoms with Gasteiger partial charge in [-0.2, -0.15) is 5.10 Å². The van der Waals surface area contributed by atoms with Gasteiger partial charge in [0.05, 0.1) is 17.3 Å². The summed E-state index contributed by atoms with van der Waals surface area (Å²) in [6.07, 6.45) is 1.74. The van der Waals surface area contributed by atoms with Gasteiger partial charge in [0, 0.05) is 25.7 Å². The highest BCUT2D eigenvalue weighted by Gasteiger charge is 2.24.